The molecule has 1 atom stereocenters. The molecule has 0 saturated carbocycles. The summed E-state index contributed by atoms with van der Waals surface area (Å²) in [4.78, 5) is 0. The first-order chi connectivity index (χ1) is 5.31. The van der Waals surface area contributed by atoms with Gasteiger partial charge in [-0.3, -0.25) is 0 Å². The van der Waals surface area contributed by atoms with Crippen molar-refractivity contribution in [1.29, 1.82) is 0 Å². The van der Waals surface area contributed by atoms with Crippen LogP contribution in [0.25, 0.3) is 0 Å². The maximum absolute atomic E-state index is 5.15. The second-order valence-electron chi connectivity index (χ2n) is 2.72. The summed E-state index contributed by atoms with van der Waals surface area (Å²) < 4.78 is 11.1. The van der Waals surface area contributed by atoms with Crippen LogP contribution in [0.1, 0.15) is 19.8 Å². The molecule has 0 aliphatic carbocycles. The second kappa shape index (κ2) is 8.74. The van der Waals surface area contributed by atoms with Gasteiger partial charge in [0.05, 0.1) is 0 Å². The number of hydrogen-bond donors (Lipinski definition) is 0. The van der Waals surface area contributed by atoms with Gasteiger partial charge in [-0.1, -0.05) is 29.5 Å². The van der Waals surface area contributed by atoms with Crippen LogP contribution in [-0.2, 0) is 9.47 Å². The van der Waals surface area contributed by atoms with Gasteiger partial charge in [0.2, 0.25) is 0 Å². The highest BCUT2D eigenvalue weighted by Gasteiger charge is 1.98. The fraction of sp³-hybridized carbons (Fsp3) is 1.00. The summed E-state index contributed by atoms with van der Waals surface area (Å²) in [5, 5.41) is 0. The fourth-order valence-corrected chi connectivity index (χ4v) is 1.19. The van der Waals surface area contributed by atoms with Crippen molar-refractivity contribution in [3.63, 3.8) is 0 Å². The predicted octanol–water partition coefficient (Wildman–Crippen LogP) is 2.46. The molecule has 0 radical (unpaired) electrons. The largest absolute Gasteiger partial charge is 0.359 e. The standard InChI is InChI=1S/C8H17IO2/c1-8(6-9)4-3-5-11-7-10-2/h8H,3-7H2,1-2H3/t8-/m1/s1. The number of methoxy groups -OCH3 is 1. The first-order valence-electron chi connectivity index (χ1n) is 3.94. The lowest BCUT2D eigenvalue weighted by Crippen LogP contribution is -2.02. The van der Waals surface area contributed by atoms with Crippen LogP contribution in [0.3, 0.4) is 0 Å². The molecule has 68 valence electrons. The molecule has 2 nitrogen and oxygen atoms in total. The Morgan fingerprint density at radius 3 is 2.73 bits per heavy atom. The van der Waals surface area contributed by atoms with Gasteiger partial charge in [-0.2, -0.15) is 0 Å². The molecule has 0 amide bonds. The summed E-state index contributed by atoms with van der Waals surface area (Å²) in [6.45, 7) is 3.52. The third-order valence-corrected chi connectivity index (χ3v) is 2.95. The highest BCUT2D eigenvalue weighted by Crippen LogP contribution is 2.08. The minimum atomic E-state index is 0.429. The van der Waals surface area contributed by atoms with E-state index in [9.17, 15) is 0 Å². The van der Waals surface area contributed by atoms with Gasteiger partial charge in [-0.25, -0.2) is 0 Å². The first-order valence-corrected chi connectivity index (χ1v) is 5.46. The molecule has 0 aliphatic rings. The van der Waals surface area contributed by atoms with Crippen molar-refractivity contribution in [2.24, 2.45) is 5.92 Å². The number of halogens is 1. The summed E-state index contributed by atoms with van der Waals surface area (Å²) in [7, 11) is 1.65. The summed E-state index contributed by atoms with van der Waals surface area (Å²) in [6, 6.07) is 0. The van der Waals surface area contributed by atoms with E-state index in [2.05, 4.69) is 29.5 Å². The van der Waals surface area contributed by atoms with E-state index in [1.807, 2.05) is 0 Å². The molecule has 11 heavy (non-hydrogen) atoms. The van der Waals surface area contributed by atoms with Crippen LogP contribution in [0.2, 0.25) is 0 Å². The summed E-state index contributed by atoms with van der Waals surface area (Å²) in [5.41, 5.74) is 0. The van der Waals surface area contributed by atoms with Crippen molar-refractivity contribution in [3.05, 3.63) is 0 Å². The van der Waals surface area contributed by atoms with Gasteiger partial charge < -0.3 is 9.47 Å². The Morgan fingerprint density at radius 2 is 2.18 bits per heavy atom. The average Bonchev–Trinajstić information content (AvgIpc) is 2.04. The summed E-state index contributed by atoms with van der Waals surface area (Å²) >= 11 is 2.42. The molecule has 0 aromatic carbocycles. The Kier molecular flexibility index (Phi) is 9.26. The van der Waals surface area contributed by atoms with Crippen molar-refractivity contribution < 1.29 is 9.47 Å². The molecule has 0 fully saturated rings. The van der Waals surface area contributed by atoms with Crippen LogP contribution >= 0.6 is 22.6 Å². The van der Waals surface area contributed by atoms with E-state index >= 15 is 0 Å². The Balaban J connectivity index is 2.89. The van der Waals surface area contributed by atoms with Gasteiger partial charge in [0.1, 0.15) is 6.79 Å². The second-order valence-corrected chi connectivity index (χ2v) is 3.60. The van der Waals surface area contributed by atoms with Gasteiger partial charge in [0.15, 0.2) is 0 Å². The van der Waals surface area contributed by atoms with Crippen LogP contribution in [0.5, 0.6) is 0 Å². The minimum Gasteiger partial charge on any atom is -0.359 e. The van der Waals surface area contributed by atoms with E-state index in [-0.39, 0.29) is 0 Å². The number of ether oxygens (including phenoxy) is 2. The first kappa shape index (κ1) is 11.6. The number of hydrogen-bond acceptors (Lipinski definition) is 2. The Morgan fingerprint density at radius 1 is 1.45 bits per heavy atom. The molecule has 0 heterocycles. The lowest BCUT2D eigenvalue weighted by Gasteiger charge is -2.06. The maximum Gasteiger partial charge on any atom is 0.146 e. The summed E-state index contributed by atoms with van der Waals surface area (Å²) in [6.07, 6.45) is 2.40. The Labute approximate surface area is 82.8 Å². The zero-order valence-corrected chi connectivity index (χ0v) is 9.46. The molecular formula is C8H17IO2. The quantitative estimate of drug-likeness (QED) is 0.307. The number of rotatable bonds is 7. The van der Waals surface area contributed by atoms with E-state index in [0.717, 1.165) is 18.9 Å². The molecule has 0 saturated heterocycles. The van der Waals surface area contributed by atoms with Gasteiger partial charge >= 0.3 is 0 Å². The van der Waals surface area contributed by atoms with Crippen molar-refractivity contribution in [2.45, 2.75) is 19.8 Å². The third-order valence-electron chi connectivity index (χ3n) is 1.45. The van der Waals surface area contributed by atoms with Gasteiger partial charge in [-0.15, -0.1) is 0 Å². The zero-order chi connectivity index (χ0) is 8.53. The van der Waals surface area contributed by atoms with Crippen LogP contribution < -0.4 is 0 Å². The molecule has 0 N–H and O–H groups in total. The molecular weight excluding hydrogens is 255 g/mol. The number of alkyl halides is 1. The highest BCUT2D eigenvalue weighted by atomic mass is 127. The molecule has 0 bridgehead atoms. The van der Waals surface area contributed by atoms with Crippen molar-refractivity contribution in [1.82, 2.24) is 0 Å². The fourth-order valence-electron chi connectivity index (χ4n) is 0.753. The smallest absolute Gasteiger partial charge is 0.146 e. The molecule has 0 aromatic heterocycles. The van der Waals surface area contributed by atoms with Crippen LogP contribution in [-0.4, -0.2) is 24.9 Å². The molecule has 3 heteroatoms. The SMILES string of the molecule is COCOCCC[C@@H](C)CI. The average molecular weight is 272 g/mol. The highest BCUT2D eigenvalue weighted by molar-refractivity contribution is 14.1. The van der Waals surface area contributed by atoms with Crippen LogP contribution in [0.15, 0.2) is 0 Å². The van der Waals surface area contributed by atoms with E-state index < -0.39 is 0 Å². The Hall–Kier alpha value is 0.650. The van der Waals surface area contributed by atoms with E-state index in [1.165, 1.54) is 10.8 Å². The van der Waals surface area contributed by atoms with Crippen molar-refractivity contribution in [3.8, 4) is 0 Å². The van der Waals surface area contributed by atoms with Gasteiger partial charge in [-0.05, 0) is 18.8 Å². The molecule has 0 spiro atoms. The molecule has 0 aliphatic heterocycles. The maximum atomic E-state index is 5.15. The molecule has 0 unspecified atom stereocenters. The monoisotopic (exact) mass is 272 g/mol. The van der Waals surface area contributed by atoms with E-state index in [1.54, 1.807) is 7.11 Å². The molecule has 0 aromatic rings. The lowest BCUT2D eigenvalue weighted by molar-refractivity contribution is -0.0320. The lowest BCUT2D eigenvalue weighted by atomic mass is 10.1. The van der Waals surface area contributed by atoms with E-state index in [4.69, 9.17) is 9.47 Å². The van der Waals surface area contributed by atoms with Gasteiger partial charge in [0, 0.05) is 18.1 Å². The zero-order valence-electron chi connectivity index (χ0n) is 7.31. The Bertz CT molecular complexity index is 78.5. The van der Waals surface area contributed by atoms with E-state index in [0.29, 0.717) is 6.79 Å². The third kappa shape index (κ3) is 8.56. The molecule has 0 rings (SSSR count). The summed E-state index contributed by atoms with van der Waals surface area (Å²) in [5.74, 6) is 0.821. The van der Waals surface area contributed by atoms with Crippen LogP contribution in [0.4, 0.5) is 0 Å². The predicted molar refractivity (Wildman–Crippen MR) is 55.1 cm³/mol. The topological polar surface area (TPSA) is 18.5 Å². The van der Waals surface area contributed by atoms with Crippen molar-refractivity contribution >= 4 is 22.6 Å². The van der Waals surface area contributed by atoms with Gasteiger partial charge in [0.25, 0.3) is 0 Å². The minimum absolute atomic E-state index is 0.429. The van der Waals surface area contributed by atoms with Crippen LogP contribution in [0, 0.1) is 5.92 Å². The normalized spacial score (nSPS) is 13.4. The van der Waals surface area contributed by atoms with Crippen molar-refractivity contribution in [2.75, 3.05) is 24.9 Å².